The molecule has 3 aromatic carbocycles. The summed E-state index contributed by atoms with van der Waals surface area (Å²) in [6.07, 6.45) is 2.41. The average molecular weight is 453 g/mol. The Bertz CT molecular complexity index is 1210. The van der Waals surface area contributed by atoms with E-state index >= 15 is 0 Å². The number of aryl methyl sites for hydroxylation is 2. The number of anilines is 2. The average Bonchev–Trinajstić information content (AvgIpc) is 2.82. The van der Waals surface area contributed by atoms with Crippen LogP contribution in [0.2, 0.25) is 0 Å². The van der Waals surface area contributed by atoms with E-state index in [9.17, 15) is 17.6 Å². The van der Waals surface area contributed by atoms with Gasteiger partial charge in [0.1, 0.15) is 5.82 Å². The largest absolute Gasteiger partial charge is 0.315 e. The predicted octanol–water partition coefficient (Wildman–Crippen LogP) is 4.56. The molecule has 0 radical (unpaired) electrons. The van der Waals surface area contributed by atoms with Crippen molar-refractivity contribution in [1.29, 1.82) is 0 Å². The molecule has 1 aliphatic rings. The molecule has 0 unspecified atom stereocenters. The third-order valence-corrected chi connectivity index (χ3v) is 7.62. The van der Waals surface area contributed by atoms with E-state index in [0.717, 1.165) is 29.7 Å². The van der Waals surface area contributed by atoms with Gasteiger partial charge in [-0.1, -0.05) is 30.3 Å². The maximum Gasteiger partial charge on any atom is 0.264 e. The van der Waals surface area contributed by atoms with Crippen molar-refractivity contribution in [3.8, 4) is 0 Å². The van der Waals surface area contributed by atoms with Crippen molar-refractivity contribution in [1.82, 2.24) is 0 Å². The molecule has 3 aromatic rings. The summed E-state index contributed by atoms with van der Waals surface area (Å²) in [5, 5.41) is 0. The first-order valence-corrected chi connectivity index (χ1v) is 12.0. The fraction of sp³-hybridized carbons (Fsp3) is 0.240. The number of benzene rings is 3. The fourth-order valence-electron chi connectivity index (χ4n) is 3.93. The molecule has 5 nitrogen and oxygen atoms in total. The monoisotopic (exact) mass is 452 g/mol. The molecular formula is C25H25FN2O3S. The number of nitrogens with zero attached hydrogens (tertiary/aromatic N) is 2. The summed E-state index contributed by atoms with van der Waals surface area (Å²) in [6, 6.07) is 20.1. The number of hydrogen-bond acceptors (Lipinski definition) is 3. The third-order valence-electron chi connectivity index (χ3n) is 5.79. The quantitative estimate of drug-likeness (QED) is 0.551. The molecule has 0 aromatic heterocycles. The molecule has 0 aliphatic carbocycles. The van der Waals surface area contributed by atoms with E-state index in [1.165, 1.54) is 21.3 Å². The Morgan fingerprint density at radius 2 is 1.69 bits per heavy atom. The van der Waals surface area contributed by atoms with Gasteiger partial charge in [-0.3, -0.25) is 9.10 Å². The molecule has 166 valence electrons. The lowest BCUT2D eigenvalue weighted by atomic mass is 10.0. The van der Waals surface area contributed by atoms with Crippen LogP contribution in [0.1, 0.15) is 24.0 Å². The van der Waals surface area contributed by atoms with Gasteiger partial charge in [0.2, 0.25) is 5.91 Å². The van der Waals surface area contributed by atoms with Gasteiger partial charge in [-0.15, -0.1) is 0 Å². The molecule has 1 aliphatic heterocycles. The van der Waals surface area contributed by atoms with E-state index in [2.05, 4.69) is 0 Å². The summed E-state index contributed by atoms with van der Waals surface area (Å²) >= 11 is 0. The zero-order valence-electron chi connectivity index (χ0n) is 17.9. The topological polar surface area (TPSA) is 57.7 Å². The number of rotatable bonds is 6. The van der Waals surface area contributed by atoms with Gasteiger partial charge in [-0.05, 0) is 72.9 Å². The number of hydrogen-bond donors (Lipinski definition) is 0. The molecule has 0 atom stereocenters. The molecule has 0 bridgehead atoms. The van der Waals surface area contributed by atoms with Crippen LogP contribution in [0.15, 0.2) is 77.7 Å². The number of carbonyl (C=O) groups excluding carboxylic acids is 1. The first kappa shape index (κ1) is 22.0. The molecule has 4 rings (SSSR count). The highest BCUT2D eigenvalue weighted by atomic mass is 32.2. The van der Waals surface area contributed by atoms with Crippen LogP contribution in [0.5, 0.6) is 0 Å². The molecule has 32 heavy (non-hydrogen) atoms. The number of halogens is 1. The zero-order valence-corrected chi connectivity index (χ0v) is 18.7. The molecule has 0 saturated carbocycles. The number of amides is 1. The second kappa shape index (κ2) is 9.12. The Balaban J connectivity index is 1.43. The summed E-state index contributed by atoms with van der Waals surface area (Å²) < 4.78 is 41.0. The van der Waals surface area contributed by atoms with Crippen LogP contribution in [-0.4, -0.2) is 27.9 Å². The smallest absolute Gasteiger partial charge is 0.264 e. The number of para-hydroxylation sites is 1. The summed E-state index contributed by atoms with van der Waals surface area (Å²) in [7, 11) is -1.99. The van der Waals surface area contributed by atoms with Gasteiger partial charge in [0.05, 0.1) is 10.6 Å². The number of fused-ring (bicyclic) bond motifs is 1. The molecule has 1 heterocycles. The number of sulfonamides is 1. The van der Waals surface area contributed by atoms with Crippen molar-refractivity contribution in [3.63, 3.8) is 0 Å². The van der Waals surface area contributed by atoms with E-state index in [0.29, 0.717) is 18.7 Å². The van der Waals surface area contributed by atoms with Crippen molar-refractivity contribution in [2.45, 2.75) is 30.6 Å². The molecule has 0 N–H and O–H groups in total. The van der Waals surface area contributed by atoms with Gasteiger partial charge in [-0.25, -0.2) is 12.8 Å². The van der Waals surface area contributed by atoms with Crippen LogP contribution in [-0.2, 0) is 27.7 Å². The van der Waals surface area contributed by atoms with Crippen LogP contribution >= 0.6 is 0 Å². The Kier molecular flexibility index (Phi) is 6.28. The normalized spacial score (nSPS) is 13.5. The number of carbonyl (C=O) groups is 1. The highest BCUT2D eigenvalue weighted by Gasteiger charge is 2.28. The maximum absolute atomic E-state index is 13.2. The second-order valence-corrected chi connectivity index (χ2v) is 9.74. The second-order valence-electron chi connectivity index (χ2n) is 7.88. The molecule has 0 fully saturated rings. The van der Waals surface area contributed by atoms with Crippen LogP contribution in [0, 0.1) is 5.82 Å². The summed E-state index contributed by atoms with van der Waals surface area (Å²) in [5.41, 5.74) is 3.29. The van der Waals surface area contributed by atoms with Gasteiger partial charge in [-0.2, -0.15) is 0 Å². The van der Waals surface area contributed by atoms with Crippen molar-refractivity contribution in [3.05, 3.63) is 89.7 Å². The molecule has 1 amide bonds. The molecule has 0 spiro atoms. The van der Waals surface area contributed by atoms with Crippen LogP contribution in [0.25, 0.3) is 0 Å². The first-order chi connectivity index (χ1) is 15.4. The Hall–Kier alpha value is -3.19. The lowest BCUT2D eigenvalue weighted by Crippen LogP contribution is -2.35. The minimum atomic E-state index is -3.65. The Labute approximate surface area is 188 Å². The van der Waals surface area contributed by atoms with Gasteiger partial charge in [0, 0.05) is 25.7 Å². The lowest BCUT2D eigenvalue weighted by molar-refractivity contribution is -0.118. The van der Waals surface area contributed by atoms with Crippen LogP contribution in [0.3, 0.4) is 0 Å². The van der Waals surface area contributed by atoms with E-state index in [-0.39, 0.29) is 23.0 Å². The summed E-state index contributed by atoms with van der Waals surface area (Å²) in [5.74, 6) is -0.448. The van der Waals surface area contributed by atoms with Gasteiger partial charge in [0.25, 0.3) is 10.0 Å². The van der Waals surface area contributed by atoms with Crippen LogP contribution in [0.4, 0.5) is 15.8 Å². The highest BCUT2D eigenvalue weighted by Crippen LogP contribution is 2.31. The van der Waals surface area contributed by atoms with Crippen molar-refractivity contribution in [2.24, 2.45) is 0 Å². The Morgan fingerprint density at radius 1 is 1.00 bits per heavy atom. The molecule has 7 heteroatoms. The highest BCUT2D eigenvalue weighted by molar-refractivity contribution is 7.92. The summed E-state index contributed by atoms with van der Waals surface area (Å²) in [4.78, 5) is 14.2. The van der Waals surface area contributed by atoms with E-state index in [4.69, 9.17) is 0 Å². The van der Waals surface area contributed by atoms with Gasteiger partial charge < -0.3 is 4.90 Å². The summed E-state index contributed by atoms with van der Waals surface area (Å²) in [6.45, 7) is 0.464. The fourth-order valence-corrected chi connectivity index (χ4v) is 5.47. The molecule has 0 saturated heterocycles. The minimum absolute atomic E-state index is 0.0989. The van der Waals surface area contributed by atoms with E-state index < -0.39 is 10.0 Å². The lowest BCUT2D eigenvalue weighted by Gasteiger charge is -2.30. The van der Waals surface area contributed by atoms with Crippen molar-refractivity contribution < 1.29 is 17.6 Å². The predicted molar refractivity (Wildman–Crippen MR) is 124 cm³/mol. The Morgan fingerprint density at radius 3 is 2.41 bits per heavy atom. The molecular weight excluding hydrogens is 427 g/mol. The zero-order chi connectivity index (χ0) is 22.7. The van der Waals surface area contributed by atoms with Crippen LogP contribution < -0.4 is 9.21 Å². The minimum Gasteiger partial charge on any atom is -0.315 e. The SMILES string of the molecule is CN(C(=O)CCc1ccc(S(=O)(=O)N2CCCc3ccccc32)cc1)c1ccc(F)cc1. The van der Waals surface area contributed by atoms with Gasteiger partial charge >= 0.3 is 0 Å². The standard InChI is InChI=1S/C25H25FN2O3S/c1-27(22-13-11-21(26)12-14-22)25(29)17-10-19-8-15-23(16-9-19)32(30,31)28-18-4-6-20-5-2-3-7-24(20)28/h2-3,5,7-9,11-16H,4,6,10,17-18H2,1H3. The maximum atomic E-state index is 13.2. The van der Waals surface area contributed by atoms with E-state index in [1.54, 1.807) is 43.4 Å². The van der Waals surface area contributed by atoms with Crippen molar-refractivity contribution >= 4 is 27.3 Å². The third kappa shape index (κ3) is 4.53. The van der Waals surface area contributed by atoms with Gasteiger partial charge in [0.15, 0.2) is 0 Å². The van der Waals surface area contributed by atoms with E-state index in [1.807, 2.05) is 24.3 Å². The van der Waals surface area contributed by atoms with Crippen molar-refractivity contribution in [2.75, 3.05) is 22.8 Å². The first-order valence-electron chi connectivity index (χ1n) is 10.6.